The van der Waals surface area contributed by atoms with Crippen LogP contribution in [0.2, 0.25) is 0 Å². The van der Waals surface area contributed by atoms with E-state index in [4.69, 9.17) is 9.47 Å². The van der Waals surface area contributed by atoms with Crippen LogP contribution in [0.4, 0.5) is 5.69 Å². The Labute approximate surface area is 152 Å². The molecule has 1 aromatic carbocycles. The van der Waals surface area contributed by atoms with Gasteiger partial charge in [0, 0.05) is 52.6 Å². The van der Waals surface area contributed by atoms with Crippen LogP contribution in [0.3, 0.4) is 0 Å². The van der Waals surface area contributed by atoms with Crippen LogP contribution in [0.25, 0.3) is 0 Å². The van der Waals surface area contributed by atoms with Crippen LogP contribution in [0, 0.1) is 0 Å². The Morgan fingerprint density at radius 2 is 1.76 bits per heavy atom. The molecule has 0 aromatic heterocycles. The summed E-state index contributed by atoms with van der Waals surface area (Å²) in [6.45, 7) is 8.00. The first-order chi connectivity index (χ1) is 12.3. The number of hydrogen-bond donors (Lipinski definition) is 2. The van der Waals surface area contributed by atoms with E-state index in [-0.39, 0.29) is 0 Å². The molecule has 0 spiro atoms. The van der Waals surface area contributed by atoms with E-state index in [1.807, 2.05) is 0 Å². The Balaban J connectivity index is 2.12. The number of methoxy groups -OCH3 is 1. The predicted molar refractivity (Wildman–Crippen MR) is 106 cm³/mol. The van der Waals surface area contributed by atoms with Crippen LogP contribution in [-0.4, -0.2) is 66.1 Å². The summed E-state index contributed by atoms with van der Waals surface area (Å²) in [5.41, 5.74) is 1.28. The average molecular weight is 351 g/mol. The number of aliphatic imine (C=N–C) groups is 1. The zero-order chi connectivity index (χ0) is 18.2. The fraction of sp³-hybridized carbons (Fsp3) is 0.632. The number of para-hydroxylation sites is 1. The van der Waals surface area contributed by atoms with Crippen LogP contribution < -0.4 is 15.5 Å². The minimum Gasteiger partial charge on any atom is -0.382 e. The number of benzene rings is 1. The summed E-state index contributed by atoms with van der Waals surface area (Å²) in [7, 11) is 3.48. The van der Waals surface area contributed by atoms with Crippen molar-refractivity contribution in [3.63, 3.8) is 0 Å². The molecular weight excluding hydrogens is 316 g/mol. The van der Waals surface area contributed by atoms with Crippen LogP contribution in [0.15, 0.2) is 35.3 Å². The summed E-state index contributed by atoms with van der Waals surface area (Å²) in [4.78, 5) is 6.63. The zero-order valence-corrected chi connectivity index (χ0v) is 16.0. The second-order valence-corrected chi connectivity index (χ2v) is 5.65. The smallest absolute Gasteiger partial charge is 0.190 e. The second-order valence-electron chi connectivity index (χ2n) is 5.65. The first kappa shape index (κ1) is 21.3. The third-order valence-electron chi connectivity index (χ3n) is 3.81. The number of guanidine groups is 1. The van der Waals surface area contributed by atoms with Gasteiger partial charge in [-0.2, -0.15) is 0 Å². The standard InChI is InChI=1S/C19H34N4O2/c1-4-23(18-10-6-5-7-11-18)14-8-12-21-19(20-2)22-13-9-15-25-17-16-24-3/h5-7,10-11H,4,8-9,12-17H2,1-3H3,(H2,20,21,22). The Bertz CT molecular complexity index is 454. The van der Waals surface area contributed by atoms with E-state index >= 15 is 0 Å². The van der Waals surface area contributed by atoms with Crippen molar-refractivity contribution in [2.24, 2.45) is 4.99 Å². The monoisotopic (exact) mass is 350 g/mol. The third kappa shape index (κ3) is 9.94. The molecule has 25 heavy (non-hydrogen) atoms. The largest absolute Gasteiger partial charge is 0.382 e. The molecule has 1 rings (SSSR count). The lowest BCUT2D eigenvalue weighted by Gasteiger charge is -2.23. The maximum atomic E-state index is 5.44. The molecule has 0 saturated heterocycles. The second kappa shape index (κ2) is 14.5. The summed E-state index contributed by atoms with van der Waals surface area (Å²) in [6.07, 6.45) is 2.01. The van der Waals surface area contributed by atoms with Gasteiger partial charge in [-0.3, -0.25) is 4.99 Å². The lowest BCUT2D eigenvalue weighted by atomic mass is 10.2. The fourth-order valence-corrected chi connectivity index (χ4v) is 2.43. The van der Waals surface area contributed by atoms with Crippen LogP contribution >= 0.6 is 0 Å². The van der Waals surface area contributed by atoms with E-state index in [1.54, 1.807) is 14.2 Å². The van der Waals surface area contributed by atoms with Gasteiger partial charge < -0.3 is 25.0 Å². The molecule has 0 bridgehead atoms. The van der Waals surface area contributed by atoms with E-state index in [1.165, 1.54) is 5.69 Å². The number of rotatable bonds is 13. The Hall–Kier alpha value is -1.79. The first-order valence-corrected chi connectivity index (χ1v) is 9.13. The van der Waals surface area contributed by atoms with Gasteiger partial charge in [0.25, 0.3) is 0 Å². The van der Waals surface area contributed by atoms with Crippen LogP contribution in [-0.2, 0) is 9.47 Å². The molecule has 0 unspecified atom stereocenters. The van der Waals surface area contributed by atoms with E-state index in [0.29, 0.717) is 13.2 Å². The summed E-state index contributed by atoms with van der Waals surface area (Å²) < 4.78 is 10.4. The normalized spacial score (nSPS) is 11.4. The molecule has 0 amide bonds. The Morgan fingerprint density at radius 3 is 2.40 bits per heavy atom. The summed E-state index contributed by atoms with van der Waals surface area (Å²) in [6, 6.07) is 10.5. The van der Waals surface area contributed by atoms with Gasteiger partial charge in [0.2, 0.25) is 0 Å². The molecule has 0 aliphatic carbocycles. The van der Waals surface area contributed by atoms with Crippen molar-refractivity contribution >= 4 is 11.6 Å². The van der Waals surface area contributed by atoms with Crippen molar-refractivity contribution in [2.45, 2.75) is 19.8 Å². The highest BCUT2D eigenvalue weighted by atomic mass is 16.5. The van der Waals surface area contributed by atoms with Crippen molar-refractivity contribution in [2.75, 3.05) is 65.1 Å². The molecule has 142 valence electrons. The highest BCUT2D eigenvalue weighted by molar-refractivity contribution is 5.79. The van der Waals surface area contributed by atoms with Crippen LogP contribution in [0.5, 0.6) is 0 Å². The summed E-state index contributed by atoms with van der Waals surface area (Å²) in [5.74, 6) is 0.847. The van der Waals surface area contributed by atoms with Gasteiger partial charge in [-0.05, 0) is 31.9 Å². The lowest BCUT2D eigenvalue weighted by molar-refractivity contribution is 0.0698. The van der Waals surface area contributed by atoms with Gasteiger partial charge in [0.05, 0.1) is 13.2 Å². The maximum Gasteiger partial charge on any atom is 0.190 e. The molecule has 0 saturated carbocycles. The van der Waals surface area contributed by atoms with Crippen molar-refractivity contribution in [3.05, 3.63) is 30.3 Å². The molecule has 0 heterocycles. The molecule has 2 N–H and O–H groups in total. The molecule has 0 atom stereocenters. The highest BCUT2D eigenvalue weighted by Crippen LogP contribution is 2.12. The molecule has 0 aliphatic rings. The van der Waals surface area contributed by atoms with Crippen molar-refractivity contribution in [1.29, 1.82) is 0 Å². The Morgan fingerprint density at radius 1 is 1.04 bits per heavy atom. The molecule has 0 radical (unpaired) electrons. The average Bonchev–Trinajstić information content (AvgIpc) is 2.66. The number of anilines is 1. The number of ether oxygens (including phenoxy) is 2. The van der Waals surface area contributed by atoms with E-state index in [2.05, 4.69) is 57.8 Å². The topological polar surface area (TPSA) is 58.1 Å². The van der Waals surface area contributed by atoms with Gasteiger partial charge in [-0.1, -0.05) is 18.2 Å². The highest BCUT2D eigenvalue weighted by Gasteiger charge is 2.03. The van der Waals surface area contributed by atoms with Gasteiger partial charge in [0.15, 0.2) is 5.96 Å². The van der Waals surface area contributed by atoms with E-state index < -0.39 is 0 Å². The summed E-state index contributed by atoms with van der Waals surface area (Å²) >= 11 is 0. The molecule has 1 aromatic rings. The van der Waals surface area contributed by atoms with Gasteiger partial charge >= 0.3 is 0 Å². The summed E-state index contributed by atoms with van der Waals surface area (Å²) in [5, 5.41) is 6.67. The van der Waals surface area contributed by atoms with Gasteiger partial charge in [-0.25, -0.2) is 0 Å². The number of hydrogen-bond acceptors (Lipinski definition) is 4. The first-order valence-electron chi connectivity index (χ1n) is 9.13. The minimum absolute atomic E-state index is 0.647. The predicted octanol–water partition coefficient (Wildman–Crippen LogP) is 2.12. The zero-order valence-electron chi connectivity index (χ0n) is 16.0. The van der Waals surface area contributed by atoms with Crippen molar-refractivity contribution in [3.8, 4) is 0 Å². The lowest BCUT2D eigenvalue weighted by Crippen LogP contribution is -2.39. The van der Waals surface area contributed by atoms with Crippen molar-refractivity contribution in [1.82, 2.24) is 10.6 Å². The number of nitrogens with zero attached hydrogens (tertiary/aromatic N) is 2. The third-order valence-corrected chi connectivity index (χ3v) is 3.81. The molecule has 6 heteroatoms. The SMILES string of the molecule is CCN(CCCNC(=NC)NCCCOCCOC)c1ccccc1. The van der Waals surface area contributed by atoms with Crippen LogP contribution in [0.1, 0.15) is 19.8 Å². The molecule has 0 fully saturated rings. The number of nitrogens with one attached hydrogen (secondary N) is 2. The van der Waals surface area contributed by atoms with E-state index in [9.17, 15) is 0 Å². The van der Waals surface area contributed by atoms with E-state index in [0.717, 1.165) is 51.6 Å². The van der Waals surface area contributed by atoms with Gasteiger partial charge in [0.1, 0.15) is 0 Å². The quantitative estimate of drug-likeness (QED) is 0.324. The minimum atomic E-state index is 0.647. The molecule has 6 nitrogen and oxygen atoms in total. The fourth-order valence-electron chi connectivity index (χ4n) is 2.43. The van der Waals surface area contributed by atoms with Gasteiger partial charge in [-0.15, -0.1) is 0 Å². The maximum absolute atomic E-state index is 5.44. The van der Waals surface area contributed by atoms with Crippen molar-refractivity contribution < 1.29 is 9.47 Å². The Kier molecular flexibility index (Phi) is 12.4. The molecule has 0 aliphatic heterocycles. The molecular formula is C19H34N4O2.